The average molecular weight is 239 g/mol. The van der Waals surface area contributed by atoms with Gasteiger partial charge in [0.05, 0.1) is 11.8 Å². The maximum absolute atomic E-state index is 9.20. The first-order chi connectivity index (χ1) is 7.50. The Kier molecular flexibility index (Phi) is 4.64. The highest BCUT2D eigenvalue weighted by molar-refractivity contribution is 7.80. The molecule has 5 heteroatoms. The Morgan fingerprint density at radius 3 is 2.88 bits per heavy atom. The maximum atomic E-state index is 9.20. The van der Waals surface area contributed by atoms with Gasteiger partial charge in [0.15, 0.2) is 0 Å². The Morgan fingerprint density at radius 1 is 1.62 bits per heavy atom. The van der Waals surface area contributed by atoms with E-state index in [0.29, 0.717) is 17.1 Å². The molecule has 88 valence electrons. The summed E-state index contributed by atoms with van der Waals surface area (Å²) in [5, 5.41) is 9.20. The van der Waals surface area contributed by atoms with Crippen LogP contribution in [0.25, 0.3) is 0 Å². The molecular weight excluding hydrogens is 222 g/mol. The van der Waals surface area contributed by atoms with Crippen LogP contribution in [0.3, 0.4) is 0 Å². The number of rotatable bonds is 5. The van der Waals surface area contributed by atoms with Gasteiger partial charge in [-0.2, -0.15) is 0 Å². The van der Waals surface area contributed by atoms with Gasteiger partial charge in [-0.1, -0.05) is 18.3 Å². The number of pyridine rings is 1. The zero-order valence-electron chi connectivity index (χ0n) is 9.55. The monoisotopic (exact) mass is 239 g/mol. The van der Waals surface area contributed by atoms with Crippen LogP contribution in [0.2, 0.25) is 0 Å². The van der Waals surface area contributed by atoms with Crippen molar-refractivity contribution in [2.24, 2.45) is 5.73 Å². The summed E-state index contributed by atoms with van der Waals surface area (Å²) in [5.74, 6) is 0.811. The lowest BCUT2D eigenvalue weighted by Crippen LogP contribution is -2.23. The first-order valence-electron chi connectivity index (χ1n) is 5.16. The SMILES string of the molecule is CC(O)CCN(C)c1cccc(C(N)=S)n1. The number of nitrogens with two attached hydrogens (primary N) is 1. The molecule has 1 aromatic rings. The van der Waals surface area contributed by atoms with E-state index >= 15 is 0 Å². The minimum Gasteiger partial charge on any atom is -0.393 e. The maximum Gasteiger partial charge on any atom is 0.129 e. The normalized spacial score (nSPS) is 12.2. The van der Waals surface area contributed by atoms with Crippen LogP contribution in [0.15, 0.2) is 18.2 Å². The van der Waals surface area contributed by atoms with Gasteiger partial charge in [0.25, 0.3) is 0 Å². The van der Waals surface area contributed by atoms with Crippen molar-refractivity contribution in [3.05, 3.63) is 23.9 Å². The van der Waals surface area contributed by atoms with E-state index in [0.717, 1.165) is 12.4 Å². The van der Waals surface area contributed by atoms with Crippen LogP contribution in [0.5, 0.6) is 0 Å². The van der Waals surface area contributed by atoms with Crippen molar-refractivity contribution in [1.29, 1.82) is 0 Å². The van der Waals surface area contributed by atoms with Gasteiger partial charge in [-0.3, -0.25) is 0 Å². The zero-order chi connectivity index (χ0) is 12.1. The summed E-state index contributed by atoms with van der Waals surface area (Å²) in [7, 11) is 1.92. The molecule has 0 spiro atoms. The fraction of sp³-hybridized carbons (Fsp3) is 0.455. The first-order valence-corrected chi connectivity index (χ1v) is 5.57. The predicted octanol–water partition coefficient (Wildman–Crippen LogP) is 0.923. The second-order valence-electron chi connectivity index (χ2n) is 3.80. The van der Waals surface area contributed by atoms with Crippen molar-refractivity contribution in [3.8, 4) is 0 Å². The number of aliphatic hydroxyl groups excluding tert-OH is 1. The van der Waals surface area contributed by atoms with E-state index in [2.05, 4.69) is 4.98 Å². The number of aromatic nitrogens is 1. The molecule has 0 aliphatic heterocycles. The molecule has 0 aliphatic rings. The van der Waals surface area contributed by atoms with Crippen molar-refractivity contribution < 1.29 is 5.11 Å². The second-order valence-corrected chi connectivity index (χ2v) is 4.24. The van der Waals surface area contributed by atoms with E-state index in [-0.39, 0.29) is 6.10 Å². The van der Waals surface area contributed by atoms with Gasteiger partial charge in [-0.05, 0) is 25.5 Å². The lowest BCUT2D eigenvalue weighted by molar-refractivity contribution is 0.187. The highest BCUT2D eigenvalue weighted by Crippen LogP contribution is 2.10. The number of hydrogen-bond acceptors (Lipinski definition) is 4. The van der Waals surface area contributed by atoms with Crippen molar-refractivity contribution in [1.82, 2.24) is 4.98 Å². The lowest BCUT2D eigenvalue weighted by atomic mass is 10.2. The first kappa shape index (κ1) is 12.9. The summed E-state index contributed by atoms with van der Waals surface area (Å²) in [4.78, 5) is 6.59. The highest BCUT2D eigenvalue weighted by Gasteiger charge is 2.06. The van der Waals surface area contributed by atoms with E-state index in [1.54, 1.807) is 13.0 Å². The molecule has 0 aromatic carbocycles. The van der Waals surface area contributed by atoms with Crippen molar-refractivity contribution in [2.45, 2.75) is 19.4 Å². The van der Waals surface area contributed by atoms with Gasteiger partial charge in [-0.25, -0.2) is 4.98 Å². The fourth-order valence-electron chi connectivity index (χ4n) is 1.27. The summed E-state index contributed by atoms with van der Waals surface area (Å²) in [5.41, 5.74) is 6.14. The van der Waals surface area contributed by atoms with Crippen LogP contribution < -0.4 is 10.6 Å². The molecule has 0 saturated heterocycles. The van der Waals surface area contributed by atoms with Crippen molar-refractivity contribution >= 4 is 23.0 Å². The third-order valence-electron chi connectivity index (χ3n) is 2.26. The molecule has 16 heavy (non-hydrogen) atoms. The van der Waals surface area contributed by atoms with Gasteiger partial charge in [-0.15, -0.1) is 0 Å². The standard InChI is InChI=1S/C11H17N3OS/c1-8(15)6-7-14(2)10-5-3-4-9(13-10)11(12)16/h3-5,8,15H,6-7H2,1-2H3,(H2,12,16). The number of thiocarbonyl (C=S) groups is 1. The minimum absolute atomic E-state index is 0.297. The number of hydrogen-bond donors (Lipinski definition) is 2. The Hall–Kier alpha value is -1.20. The van der Waals surface area contributed by atoms with Crippen LogP contribution in [-0.2, 0) is 0 Å². The molecule has 0 amide bonds. The van der Waals surface area contributed by atoms with E-state index in [1.165, 1.54) is 0 Å². The van der Waals surface area contributed by atoms with Crippen molar-refractivity contribution in [2.75, 3.05) is 18.5 Å². The molecule has 1 rings (SSSR count). The molecule has 0 aliphatic carbocycles. The molecular formula is C11H17N3OS. The smallest absolute Gasteiger partial charge is 0.129 e. The fourth-order valence-corrected chi connectivity index (χ4v) is 1.38. The average Bonchev–Trinajstić information content (AvgIpc) is 2.26. The minimum atomic E-state index is -0.304. The molecule has 0 bridgehead atoms. The van der Waals surface area contributed by atoms with Crippen LogP contribution in [0, 0.1) is 0 Å². The molecule has 1 heterocycles. The number of nitrogens with zero attached hydrogens (tertiary/aromatic N) is 2. The number of anilines is 1. The van der Waals surface area contributed by atoms with Gasteiger partial charge in [0.1, 0.15) is 10.8 Å². The van der Waals surface area contributed by atoms with E-state index in [9.17, 15) is 5.11 Å². The molecule has 1 aromatic heterocycles. The Balaban J connectivity index is 2.71. The van der Waals surface area contributed by atoms with E-state index in [4.69, 9.17) is 18.0 Å². The predicted molar refractivity (Wildman–Crippen MR) is 69.7 cm³/mol. The van der Waals surface area contributed by atoms with Crippen molar-refractivity contribution in [3.63, 3.8) is 0 Å². The van der Waals surface area contributed by atoms with Gasteiger partial charge in [0.2, 0.25) is 0 Å². The van der Waals surface area contributed by atoms with Crippen LogP contribution in [0.4, 0.5) is 5.82 Å². The molecule has 3 N–H and O–H groups in total. The van der Waals surface area contributed by atoms with Gasteiger partial charge in [0, 0.05) is 13.6 Å². The van der Waals surface area contributed by atoms with E-state index < -0.39 is 0 Å². The van der Waals surface area contributed by atoms with Gasteiger partial charge >= 0.3 is 0 Å². The zero-order valence-corrected chi connectivity index (χ0v) is 10.4. The summed E-state index contributed by atoms with van der Waals surface area (Å²) < 4.78 is 0. The Bertz CT molecular complexity index is 368. The topological polar surface area (TPSA) is 62.4 Å². The van der Waals surface area contributed by atoms with Crippen LogP contribution >= 0.6 is 12.2 Å². The molecule has 4 nitrogen and oxygen atoms in total. The summed E-state index contributed by atoms with van der Waals surface area (Å²) in [6.45, 7) is 2.51. The Morgan fingerprint density at radius 2 is 2.31 bits per heavy atom. The Labute approximate surface area is 101 Å². The third-order valence-corrected chi connectivity index (χ3v) is 2.47. The largest absolute Gasteiger partial charge is 0.393 e. The van der Waals surface area contributed by atoms with Gasteiger partial charge < -0.3 is 15.7 Å². The molecule has 0 fully saturated rings. The number of aliphatic hydroxyl groups is 1. The summed E-state index contributed by atoms with van der Waals surface area (Å²) >= 11 is 4.87. The molecule has 0 saturated carbocycles. The van der Waals surface area contributed by atoms with Crippen LogP contribution in [-0.4, -0.2) is 34.8 Å². The molecule has 0 radical (unpaired) electrons. The third kappa shape index (κ3) is 3.75. The molecule has 1 atom stereocenters. The summed E-state index contributed by atoms with van der Waals surface area (Å²) in [6, 6.07) is 5.55. The summed E-state index contributed by atoms with van der Waals surface area (Å²) in [6.07, 6.45) is 0.399. The van der Waals surface area contributed by atoms with Crippen LogP contribution in [0.1, 0.15) is 19.0 Å². The van der Waals surface area contributed by atoms with E-state index in [1.807, 2.05) is 24.1 Å². The highest BCUT2D eigenvalue weighted by atomic mass is 32.1. The molecule has 1 unspecified atom stereocenters. The quantitative estimate of drug-likeness (QED) is 0.748. The lowest BCUT2D eigenvalue weighted by Gasteiger charge is -2.19. The second kappa shape index (κ2) is 5.77.